The van der Waals surface area contributed by atoms with E-state index in [2.05, 4.69) is 11.8 Å². The van der Waals surface area contributed by atoms with E-state index in [1.54, 1.807) is 0 Å². The molecule has 1 amide bonds. The number of hydrogen-bond acceptors (Lipinski definition) is 3. The molecular formula is C15H16FN3O. The Morgan fingerprint density at radius 2 is 2.25 bits per heavy atom. The lowest BCUT2D eigenvalue weighted by molar-refractivity contribution is 0.0767. The highest BCUT2D eigenvalue weighted by Crippen LogP contribution is 2.12. The number of benzene rings is 1. The molecule has 4 nitrogen and oxygen atoms in total. The number of halogens is 1. The molecule has 0 bridgehead atoms. The van der Waals surface area contributed by atoms with E-state index >= 15 is 0 Å². The van der Waals surface area contributed by atoms with Gasteiger partial charge in [-0.25, -0.2) is 4.39 Å². The SMILES string of the molecule is CCN(CCC#N)C(=O)c1ccc(C#CCN)c(F)c1. The summed E-state index contributed by atoms with van der Waals surface area (Å²) in [6.07, 6.45) is 0.252. The van der Waals surface area contributed by atoms with Crippen LogP contribution in [0.4, 0.5) is 4.39 Å². The Hall–Kier alpha value is -2.37. The van der Waals surface area contributed by atoms with Gasteiger partial charge in [-0.1, -0.05) is 11.8 Å². The lowest BCUT2D eigenvalue weighted by Gasteiger charge is -2.19. The summed E-state index contributed by atoms with van der Waals surface area (Å²) in [4.78, 5) is 13.7. The van der Waals surface area contributed by atoms with Crippen molar-refractivity contribution in [2.75, 3.05) is 19.6 Å². The Morgan fingerprint density at radius 3 is 2.80 bits per heavy atom. The Bertz CT molecular complexity index is 581. The molecule has 0 aromatic heterocycles. The standard InChI is InChI=1S/C15H16FN3O/c1-2-19(10-4-9-18)15(20)13-7-6-12(5-3-8-17)14(16)11-13/h6-7,11H,2,4,8,10,17H2,1H3. The largest absolute Gasteiger partial charge is 0.338 e. The average Bonchev–Trinajstić information content (AvgIpc) is 2.46. The highest BCUT2D eigenvalue weighted by atomic mass is 19.1. The molecule has 0 unspecified atom stereocenters. The molecule has 0 aliphatic heterocycles. The number of hydrogen-bond donors (Lipinski definition) is 1. The van der Waals surface area contributed by atoms with Crippen LogP contribution in [-0.4, -0.2) is 30.4 Å². The summed E-state index contributed by atoms with van der Waals surface area (Å²) in [5, 5.41) is 8.55. The second-order valence-electron chi connectivity index (χ2n) is 3.99. The maximum absolute atomic E-state index is 13.8. The van der Waals surface area contributed by atoms with Gasteiger partial charge in [-0.2, -0.15) is 5.26 Å². The van der Waals surface area contributed by atoms with Gasteiger partial charge in [0.25, 0.3) is 5.91 Å². The van der Waals surface area contributed by atoms with E-state index in [1.165, 1.54) is 17.0 Å². The molecule has 0 fully saturated rings. The summed E-state index contributed by atoms with van der Waals surface area (Å²) < 4.78 is 13.8. The molecule has 1 aromatic rings. The van der Waals surface area contributed by atoms with Gasteiger partial charge in [0.15, 0.2) is 0 Å². The summed E-state index contributed by atoms with van der Waals surface area (Å²) >= 11 is 0. The van der Waals surface area contributed by atoms with Gasteiger partial charge in [-0.05, 0) is 25.1 Å². The van der Waals surface area contributed by atoms with Crippen LogP contribution in [0.5, 0.6) is 0 Å². The maximum atomic E-state index is 13.8. The van der Waals surface area contributed by atoms with Gasteiger partial charge in [-0.3, -0.25) is 4.79 Å². The average molecular weight is 273 g/mol. The van der Waals surface area contributed by atoms with Gasteiger partial charge in [0.05, 0.1) is 24.6 Å². The zero-order chi connectivity index (χ0) is 15.0. The zero-order valence-electron chi connectivity index (χ0n) is 11.3. The molecule has 0 radical (unpaired) electrons. The van der Waals surface area contributed by atoms with Crippen LogP contribution in [0.1, 0.15) is 29.3 Å². The Kier molecular flexibility index (Phi) is 6.22. The monoisotopic (exact) mass is 273 g/mol. The number of nitriles is 1. The Balaban J connectivity index is 2.94. The third-order valence-corrected chi connectivity index (χ3v) is 2.70. The fourth-order valence-corrected chi connectivity index (χ4v) is 1.67. The molecule has 5 heteroatoms. The number of nitrogens with two attached hydrogens (primary N) is 1. The molecule has 0 spiro atoms. The minimum atomic E-state index is -0.548. The first-order valence-electron chi connectivity index (χ1n) is 6.28. The summed E-state index contributed by atoms with van der Waals surface area (Å²) in [6.45, 7) is 2.77. The van der Waals surface area contributed by atoms with Crippen LogP contribution in [0.15, 0.2) is 18.2 Å². The summed E-state index contributed by atoms with van der Waals surface area (Å²) in [5.41, 5.74) is 5.69. The molecule has 0 atom stereocenters. The topological polar surface area (TPSA) is 70.1 Å². The van der Waals surface area contributed by atoms with Crippen LogP contribution < -0.4 is 5.73 Å². The van der Waals surface area contributed by atoms with E-state index in [0.29, 0.717) is 13.1 Å². The van der Waals surface area contributed by atoms with E-state index < -0.39 is 5.82 Å². The van der Waals surface area contributed by atoms with Crippen molar-refractivity contribution in [3.8, 4) is 17.9 Å². The Morgan fingerprint density at radius 1 is 1.50 bits per heavy atom. The molecule has 0 heterocycles. The predicted molar refractivity (Wildman–Crippen MR) is 74.1 cm³/mol. The van der Waals surface area contributed by atoms with Crippen molar-refractivity contribution in [2.45, 2.75) is 13.3 Å². The van der Waals surface area contributed by atoms with Gasteiger partial charge in [0.2, 0.25) is 0 Å². The number of amides is 1. The molecule has 0 saturated heterocycles. The minimum Gasteiger partial charge on any atom is -0.338 e. The molecule has 2 N–H and O–H groups in total. The minimum absolute atomic E-state index is 0.151. The smallest absolute Gasteiger partial charge is 0.253 e. The molecule has 20 heavy (non-hydrogen) atoms. The first-order valence-corrected chi connectivity index (χ1v) is 6.28. The van der Waals surface area contributed by atoms with Crippen LogP contribution in [0.2, 0.25) is 0 Å². The number of nitrogens with zero attached hydrogens (tertiary/aromatic N) is 2. The van der Waals surface area contributed by atoms with E-state index in [4.69, 9.17) is 11.0 Å². The fraction of sp³-hybridized carbons (Fsp3) is 0.333. The van der Waals surface area contributed by atoms with Crippen molar-refractivity contribution in [3.63, 3.8) is 0 Å². The third-order valence-electron chi connectivity index (χ3n) is 2.70. The first-order chi connectivity index (χ1) is 9.63. The van der Waals surface area contributed by atoms with Gasteiger partial charge in [-0.15, -0.1) is 0 Å². The van der Waals surface area contributed by atoms with E-state index in [9.17, 15) is 9.18 Å². The van der Waals surface area contributed by atoms with Crippen molar-refractivity contribution < 1.29 is 9.18 Å². The Labute approximate surface area is 118 Å². The maximum Gasteiger partial charge on any atom is 0.253 e. The number of rotatable bonds is 4. The van der Waals surface area contributed by atoms with E-state index in [1.807, 2.05) is 13.0 Å². The molecule has 104 valence electrons. The molecule has 1 aromatic carbocycles. The van der Waals surface area contributed by atoms with Gasteiger partial charge in [0, 0.05) is 18.7 Å². The van der Waals surface area contributed by atoms with Crippen molar-refractivity contribution in [1.82, 2.24) is 4.90 Å². The van der Waals surface area contributed by atoms with Crippen LogP contribution in [0.25, 0.3) is 0 Å². The van der Waals surface area contributed by atoms with Crippen LogP contribution in [-0.2, 0) is 0 Å². The van der Waals surface area contributed by atoms with Crippen LogP contribution in [0.3, 0.4) is 0 Å². The van der Waals surface area contributed by atoms with E-state index in [0.717, 1.165) is 6.07 Å². The molecule has 0 saturated carbocycles. The van der Waals surface area contributed by atoms with Crippen LogP contribution >= 0.6 is 0 Å². The summed E-state index contributed by atoms with van der Waals surface area (Å²) in [7, 11) is 0. The second-order valence-corrected chi connectivity index (χ2v) is 3.99. The highest BCUT2D eigenvalue weighted by molar-refractivity contribution is 5.94. The molecule has 1 rings (SSSR count). The second kappa shape index (κ2) is 7.93. The lowest BCUT2D eigenvalue weighted by atomic mass is 10.1. The lowest BCUT2D eigenvalue weighted by Crippen LogP contribution is -2.31. The van der Waals surface area contributed by atoms with E-state index in [-0.39, 0.29) is 30.0 Å². The number of carbonyl (C=O) groups is 1. The fourth-order valence-electron chi connectivity index (χ4n) is 1.67. The highest BCUT2D eigenvalue weighted by Gasteiger charge is 2.15. The van der Waals surface area contributed by atoms with Crippen molar-refractivity contribution >= 4 is 5.91 Å². The third kappa shape index (κ3) is 4.08. The molecule has 0 aliphatic rings. The zero-order valence-corrected chi connectivity index (χ0v) is 11.3. The first kappa shape index (κ1) is 15.7. The molecule has 0 aliphatic carbocycles. The van der Waals surface area contributed by atoms with Crippen molar-refractivity contribution in [3.05, 3.63) is 35.1 Å². The predicted octanol–water partition coefficient (Wildman–Crippen LogP) is 1.51. The molecular weight excluding hydrogens is 257 g/mol. The quantitative estimate of drug-likeness (QED) is 0.845. The van der Waals surface area contributed by atoms with Crippen LogP contribution in [0, 0.1) is 29.0 Å². The van der Waals surface area contributed by atoms with Crippen molar-refractivity contribution in [2.24, 2.45) is 5.73 Å². The summed E-state index contributed by atoms with van der Waals surface area (Å²) in [6, 6.07) is 6.14. The van der Waals surface area contributed by atoms with Crippen molar-refractivity contribution in [1.29, 1.82) is 5.26 Å². The number of carbonyl (C=O) groups excluding carboxylic acids is 1. The van der Waals surface area contributed by atoms with Gasteiger partial charge in [0.1, 0.15) is 5.82 Å². The normalized spacial score (nSPS) is 9.30. The summed E-state index contributed by atoms with van der Waals surface area (Å²) in [5.74, 6) is 4.32. The van der Waals surface area contributed by atoms with Gasteiger partial charge >= 0.3 is 0 Å². The van der Waals surface area contributed by atoms with Gasteiger partial charge < -0.3 is 10.6 Å².